The van der Waals surface area contributed by atoms with Gasteiger partial charge in [-0.1, -0.05) is 66.7 Å². The first-order chi connectivity index (χ1) is 14.0. The van der Waals surface area contributed by atoms with E-state index in [4.69, 9.17) is 0 Å². The highest BCUT2D eigenvalue weighted by molar-refractivity contribution is 6.02. The van der Waals surface area contributed by atoms with Crippen molar-refractivity contribution in [2.24, 2.45) is 0 Å². The molecule has 3 aromatic carbocycles. The van der Waals surface area contributed by atoms with Gasteiger partial charge in [0.2, 0.25) is 5.82 Å². The quantitative estimate of drug-likeness (QED) is 0.533. The molecule has 144 valence electrons. The predicted molar refractivity (Wildman–Crippen MR) is 115 cm³/mol. The van der Waals surface area contributed by atoms with E-state index in [1.807, 2.05) is 93.6 Å². The highest BCUT2D eigenvalue weighted by atomic mass is 16.2. The van der Waals surface area contributed by atoms with Crippen molar-refractivity contribution in [1.82, 2.24) is 14.8 Å². The highest BCUT2D eigenvalue weighted by Gasteiger charge is 2.20. The van der Waals surface area contributed by atoms with E-state index in [1.165, 1.54) is 0 Å². The number of carbonyl (C=O) groups is 1. The van der Waals surface area contributed by atoms with E-state index in [2.05, 4.69) is 15.4 Å². The van der Waals surface area contributed by atoms with Crippen LogP contribution in [0.3, 0.4) is 0 Å². The number of hydrogen-bond acceptors (Lipinski definition) is 3. The van der Waals surface area contributed by atoms with Crippen LogP contribution in [0.4, 0.5) is 5.69 Å². The zero-order valence-electron chi connectivity index (χ0n) is 16.7. The van der Waals surface area contributed by atoms with Crippen molar-refractivity contribution < 1.29 is 4.79 Å². The fourth-order valence-electron chi connectivity index (χ4n) is 3.33. The second-order valence-electron chi connectivity index (χ2n) is 7.04. The molecule has 0 bridgehead atoms. The van der Waals surface area contributed by atoms with Crippen molar-refractivity contribution in [2.75, 3.05) is 5.32 Å². The van der Waals surface area contributed by atoms with Crippen LogP contribution < -0.4 is 5.32 Å². The van der Waals surface area contributed by atoms with Gasteiger partial charge in [-0.25, -0.2) is 9.67 Å². The minimum absolute atomic E-state index is 0.134. The van der Waals surface area contributed by atoms with Crippen LogP contribution in [0.15, 0.2) is 72.8 Å². The lowest BCUT2D eigenvalue weighted by Gasteiger charge is -2.09. The Bertz CT molecular complexity index is 1160. The Labute approximate surface area is 170 Å². The van der Waals surface area contributed by atoms with Crippen LogP contribution in [0.5, 0.6) is 0 Å². The largest absolute Gasteiger partial charge is 0.319 e. The molecule has 0 aliphatic carbocycles. The molecule has 0 radical (unpaired) electrons. The number of benzene rings is 3. The van der Waals surface area contributed by atoms with Gasteiger partial charge in [0.05, 0.1) is 5.69 Å². The molecule has 1 amide bonds. The molecule has 0 saturated heterocycles. The number of hydrogen-bond donors (Lipinski definition) is 1. The molecular weight excluding hydrogens is 360 g/mol. The zero-order chi connectivity index (χ0) is 20.4. The Kier molecular flexibility index (Phi) is 4.96. The lowest BCUT2D eigenvalue weighted by atomic mass is 10.1. The van der Waals surface area contributed by atoms with Crippen LogP contribution >= 0.6 is 0 Å². The number of nitrogens with one attached hydrogen (secondary N) is 1. The van der Waals surface area contributed by atoms with Gasteiger partial charge in [0.1, 0.15) is 0 Å². The molecule has 0 spiro atoms. The Morgan fingerprint density at radius 2 is 1.41 bits per heavy atom. The molecule has 0 fully saturated rings. The van der Waals surface area contributed by atoms with E-state index in [1.54, 1.807) is 4.68 Å². The molecule has 0 unspecified atom stereocenters. The number of rotatable bonds is 4. The number of nitrogens with zero attached hydrogens (tertiary/aromatic N) is 3. The number of anilines is 1. The molecule has 4 rings (SSSR count). The van der Waals surface area contributed by atoms with Crippen LogP contribution in [0.2, 0.25) is 0 Å². The average Bonchev–Trinajstić information content (AvgIpc) is 3.17. The Balaban J connectivity index is 1.79. The van der Waals surface area contributed by atoms with Gasteiger partial charge < -0.3 is 5.32 Å². The van der Waals surface area contributed by atoms with Gasteiger partial charge in [0.15, 0.2) is 5.82 Å². The van der Waals surface area contributed by atoms with Gasteiger partial charge in [0.25, 0.3) is 5.91 Å². The first-order valence-corrected chi connectivity index (χ1v) is 9.50. The molecule has 0 aliphatic heterocycles. The first kappa shape index (κ1) is 18.6. The van der Waals surface area contributed by atoms with E-state index in [0.29, 0.717) is 5.82 Å². The summed E-state index contributed by atoms with van der Waals surface area (Å²) in [6.07, 6.45) is 0. The maximum Gasteiger partial charge on any atom is 0.295 e. The van der Waals surface area contributed by atoms with Crippen LogP contribution in [0.25, 0.3) is 17.1 Å². The monoisotopic (exact) mass is 382 g/mol. The SMILES string of the molecule is Cc1ccccc1-n1nc(C(=O)Nc2c(C)cccc2C)nc1-c1ccccc1. The molecule has 29 heavy (non-hydrogen) atoms. The van der Waals surface area contributed by atoms with Gasteiger partial charge >= 0.3 is 0 Å². The highest BCUT2D eigenvalue weighted by Crippen LogP contribution is 2.24. The van der Waals surface area contributed by atoms with Crippen molar-refractivity contribution in [3.63, 3.8) is 0 Å². The molecule has 0 saturated carbocycles. The van der Waals surface area contributed by atoms with Crippen LogP contribution in [0.1, 0.15) is 27.3 Å². The van der Waals surface area contributed by atoms with E-state index in [9.17, 15) is 4.79 Å². The zero-order valence-corrected chi connectivity index (χ0v) is 16.7. The minimum atomic E-state index is -0.327. The van der Waals surface area contributed by atoms with Gasteiger partial charge in [-0.05, 0) is 43.5 Å². The van der Waals surface area contributed by atoms with Crippen LogP contribution in [-0.4, -0.2) is 20.7 Å². The predicted octanol–water partition coefficient (Wildman–Crippen LogP) is 5.11. The molecule has 1 heterocycles. The molecule has 5 nitrogen and oxygen atoms in total. The topological polar surface area (TPSA) is 59.8 Å². The summed E-state index contributed by atoms with van der Waals surface area (Å²) in [5.74, 6) is 0.438. The third-order valence-corrected chi connectivity index (χ3v) is 4.91. The Hall–Kier alpha value is -3.73. The number of carbonyl (C=O) groups excluding carboxylic acids is 1. The third-order valence-electron chi connectivity index (χ3n) is 4.91. The lowest BCUT2D eigenvalue weighted by molar-refractivity contribution is 0.101. The normalized spacial score (nSPS) is 10.7. The fourth-order valence-corrected chi connectivity index (χ4v) is 3.33. The fraction of sp³-hybridized carbons (Fsp3) is 0.125. The summed E-state index contributed by atoms with van der Waals surface area (Å²) in [5, 5.41) is 7.54. The minimum Gasteiger partial charge on any atom is -0.319 e. The molecular formula is C24H22N4O. The Morgan fingerprint density at radius 1 is 0.793 bits per heavy atom. The lowest BCUT2D eigenvalue weighted by Crippen LogP contribution is -2.16. The molecule has 5 heteroatoms. The van der Waals surface area contributed by atoms with Crippen molar-refractivity contribution in [1.29, 1.82) is 0 Å². The van der Waals surface area contributed by atoms with Crippen molar-refractivity contribution >= 4 is 11.6 Å². The van der Waals surface area contributed by atoms with Gasteiger partial charge in [0, 0.05) is 11.3 Å². The Morgan fingerprint density at radius 3 is 2.10 bits per heavy atom. The van der Waals surface area contributed by atoms with E-state index in [-0.39, 0.29) is 11.7 Å². The number of aromatic nitrogens is 3. The summed E-state index contributed by atoms with van der Waals surface area (Å²) in [6.45, 7) is 5.96. The second kappa shape index (κ2) is 7.72. The summed E-state index contributed by atoms with van der Waals surface area (Å²) < 4.78 is 1.74. The molecule has 0 aliphatic rings. The standard InChI is InChI=1S/C24H22N4O/c1-16-10-7-8-15-20(16)28-23(19-13-5-4-6-14-19)26-22(27-28)24(29)25-21-17(2)11-9-12-18(21)3/h4-15H,1-3H3,(H,25,29). The summed E-state index contributed by atoms with van der Waals surface area (Å²) >= 11 is 0. The molecule has 4 aromatic rings. The van der Waals surface area contributed by atoms with Crippen LogP contribution in [-0.2, 0) is 0 Å². The van der Waals surface area contributed by atoms with Gasteiger partial charge in [-0.3, -0.25) is 4.79 Å². The summed E-state index contributed by atoms with van der Waals surface area (Å²) in [5.41, 5.74) is 5.64. The molecule has 1 aromatic heterocycles. The molecule has 1 N–H and O–H groups in total. The van der Waals surface area contributed by atoms with Crippen molar-refractivity contribution in [3.05, 3.63) is 95.3 Å². The van der Waals surface area contributed by atoms with Crippen molar-refractivity contribution in [2.45, 2.75) is 20.8 Å². The third kappa shape index (κ3) is 3.67. The summed E-state index contributed by atoms with van der Waals surface area (Å²) in [7, 11) is 0. The van der Waals surface area contributed by atoms with Crippen LogP contribution in [0, 0.1) is 20.8 Å². The maximum atomic E-state index is 13.0. The number of aryl methyl sites for hydroxylation is 3. The van der Waals surface area contributed by atoms with Gasteiger partial charge in [-0.2, -0.15) is 0 Å². The first-order valence-electron chi connectivity index (χ1n) is 9.50. The average molecular weight is 382 g/mol. The molecule has 0 atom stereocenters. The summed E-state index contributed by atoms with van der Waals surface area (Å²) in [6, 6.07) is 23.6. The van der Waals surface area contributed by atoms with Crippen molar-refractivity contribution in [3.8, 4) is 17.1 Å². The number of para-hydroxylation sites is 2. The maximum absolute atomic E-state index is 13.0. The number of amides is 1. The smallest absolute Gasteiger partial charge is 0.295 e. The van der Waals surface area contributed by atoms with E-state index < -0.39 is 0 Å². The van der Waals surface area contributed by atoms with E-state index in [0.717, 1.165) is 33.6 Å². The van der Waals surface area contributed by atoms with Gasteiger partial charge in [-0.15, -0.1) is 5.10 Å². The second-order valence-corrected chi connectivity index (χ2v) is 7.04. The van der Waals surface area contributed by atoms with E-state index >= 15 is 0 Å². The summed E-state index contributed by atoms with van der Waals surface area (Å²) in [4.78, 5) is 17.6.